The van der Waals surface area contributed by atoms with Gasteiger partial charge in [0.05, 0.1) is 18.7 Å². The maximum absolute atomic E-state index is 11.6. The largest absolute Gasteiger partial charge is 0.383 e. The first kappa shape index (κ1) is 18.1. The van der Waals surface area contributed by atoms with Crippen LogP contribution in [0.4, 0.5) is 0 Å². The standard InChI is InChI=1S/C11H24N2O2.ClH/c1-5-9(7-15-4)13-11(14)10(12)6-8(2)3;/h8-10H,5-7,12H2,1-4H3,(H,13,14);1H/t9?,10-;/m0./s1. The Morgan fingerprint density at radius 2 is 2.00 bits per heavy atom. The van der Waals surface area contributed by atoms with Crippen LogP contribution in [0.1, 0.15) is 33.6 Å². The van der Waals surface area contributed by atoms with Gasteiger partial charge in [0.25, 0.3) is 0 Å². The van der Waals surface area contributed by atoms with Crippen LogP contribution in [0.5, 0.6) is 0 Å². The number of nitrogens with two attached hydrogens (primary N) is 1. The molecule has 0 rings (SSSR count). The van der Waals surface area contributed by atoms with Gasteiger partial charge < -0.3 is 15.8 Å². The summed E-state index contributed by atoms with van der Waals surface area (Å²) < 4.78 is 5.00. The van der Waals surface area contributed by atoms with Crippen LogP contribution < -0.4 is 11.1 Å². The van der Waals surface area contributed by atoms with Crippen LogP contribution in [-0.4, -0.2) is 31.7 Å². The fraction of sp³-hybridized carbons (Fsp3) is 0.909. The van der Waals surface area contributed by atoms with Crippen molar-refractivity contribution in [3.63, 3.8) is 0 Å². The van der Waals surface area contributed by atoms with E-state index in [9.17, 15) is 4.79 Å². The van der Waals surface area contributed by atoms with Gasteiger partial charge in [0.15, 0.2) is 0 Å². The van der Waals surface area contributed by atoms with Gasteiger partial charge in [0, 0.05) is 7.11 Å². The molecule has 1 amide bonds. The number of amides is 1. The minimum Gasteiger partial charge on any atom is -0.383 e. The van der Waals surface area contributed by atoms with Gasteiger partial charge in [-0.05, 0) is 18.8 Å². The highest BCUT2D eigenvalue weighted by Crippen LogP contribution is 2.03. The summed E-state index contributed by atoms with van der Waals surface area (Å²) in [6.45, 7) is 6.66. The molecule has 0 spiro atoms. The van der Waals surface area contributed by atoms with Gasteiger partial charge >= 0.3 is 0 Å². The minimum atomic E-state index is -0.407. The number of carbonyl (C=O) groups excluding carboxylic acids is 1. The molecule has 98 valence electrons. The fourth-order valence-electron chi connectivity index (χ4n) is 1.39. The Morgan fingerprint density at radius 3 is 2.38 bits per heavy atom. The Balaban J connectivity index is 0. The molecule has 2 atom stereocenters. The molecular weight excluding hydrogens is 228 g/mol. The van der Waals surface area contributed by atoms with Crippen molar-refractivity contribution in [1.29, 1.82) is 0 Å². The average molecular weight is 253 g/mol. The first-order chi connectivity index (χ1) is 7.01. The molecule has 0 radical (unpaired) electrons. The van der Waals surface area contributed by atoms with Crippen molar-refractivity contribution in [2.75, 3.05) is 13.7 Å². The second-order valence-corrected chi connectivity index (χ2v) is 4.31. The predicted molar refractivity (Wildman–Crippen MR) is 68.8 cm³/mol. The summed E-state index contributed by atoms with van der Waals surface area (Å²) in [6, 6.07) is -0.336. The maximum Gasteiger partial charge on any atom is 0.237 e. The molecule has 3 N–H and O–H groups in total. The summed E-state index contributed by atoms with van der Waals surface area (Å²) in [5.41, 5.74) is 5.76. The molecule has 1 unspecified atom stereocenters. The van der Waals surface area contributed by atoms with Crippen LogP contribution in [0.15, 0.2) is 0 Å². The van der Waals surface area contributed by atoms with Gasteiger partial charge in [-0.3, -0.25) is 4.79 Å². The van der Waals surface area contributed by atoms with Crippen LogP contribution >= 0.6 is 12.4 Å². The normalized spacial score (nSPS) is 14.1. The molecule has 0 saturated carbocycles. The zero-order valence-corrected chi connectivity index (χ0v) is 11.5. The zero-order valence-electron chi connectivity index (χ0n) is 10.7. The van der Waals surface area contributed by atoms with Crippen LogP contribution in [0.25, 0.3) is 0 Å². The number of rotatable bonds is 7. The van der Waals surface area contributed by atoms with Crippen LogP contribution in [0, 0.1) is 5.92 Å². The van der Waals surface area contributed by atoms with Crippen molar-refractivity contribution >= 4 is 18.3 Å². The van der Waals surface area contributed by atoms with Crippen molar-refractivity contribution in [3.8, 4) is 0 Å². The van der Waals surface area contributed by atoms with Crippen molar-refractivity contribution in [2.24, 2.45) is 11.7 Å². The summed E-state index contributed by atoms with van der Waals surface area (Å²) in [5, 5.41) is 2.88. The van der Waals surface area contributed by atoms with E-state index in [-0.39, 0.29) is 24.4 Å². The zero-order chi connectivity index (χ0) is 11.8. The Kier molecular flexibility index (Phi) is 11.1. The van der Waals surface area contributed by atoms with E-state index in [4.69, 9.17) is 10.5 Å². The van der Waals surface area contributed by atoms with Crippen molar-refractivity contribution < 1.29 is 9.53 Å². The lowest BCUT2D eigenvalue weighted by molar-refractivity contribution is -0.123. The van der Waals surface area contributed by atoms with Gasteiger partial charge in [-0.15, -0.1) is 12.4 Å². The number of halogens is 1. The predicted octanol–water partition coefficient (Wildman–Crippen LogP) is 1.32. The summed E-state index contributed by atoms with van der Waals surface area (Å²) >= 11 is 0. The molecule has 0 bridgehead atoms. The van der Waals surface area contributed by atoms with Gasteiger partial charge in [-0.25, -0.2) is 0 Å². The molecular formula is C11H25ClN2O2. The Hall–Kier alpha value is -0.320. The van der Waals surface area contributed by atoms with E-state index >= 15 is 0 Å². The lowest BCUT2D eigenvalue weighted by Gasteiger charge is -2.19. The molecule has 0 saturated heterocycles. The van der Waals surface area contributed by atoms with Crippen molar-refractivity contribution in [2.45, 2.75) is 45.7 Å². The van der Waals surface area contributed by atoms with E-state index in [0.29, 0.717) is 12.5 Å². The first-order valence-electron chi connectivity index (χ1n) is 5.56. The van der Waals surface area contributed by atoms with E-state index in [1.165, 1.54) is 0 Å². The topological polar surface area (TPSA) is 64.3 Å². The lowest BCUT2D eigenvalue weighted by atomic mass is 10.0. The molecule has 4 nitrogen and oxygen atoms in total. The van der Waals surface area contributed by atoms with E-state index in [2.05, 4.69) is 19.2 Å². The molecule has 0 aromatic carbocycles. The van der Waals surface area contributed by atoms with Gasteiger partial charge in [0.2, 0.25) is 5.91 Å². The first-order valence-corrected chi connectivity index (χ1v) is 5.56. The van der Waals surface area contributed by atoms with E-state index in [1.54, 1.807) is 7.11 Å². The molecule has 0 heterocycles. The third kappa shape index (κ3) is 7.91. The minimum absolute atomic E-state index is 0. The molecule has 0 aliphatic rings. The lowest BCUT2D eigenvalue weighted by Crippen LogP contribution is -2.47. The number of nitrogens with one attached hydrogen (secondary N) is 1. The number of hydrogen-bond donors (Lipinski definition) is 2. The third-order valence-electron chi connectivity index (χ3n) is 2.27. The average Bonchev–Trinajstić information content (AvgIpc) is 2.15. The third-order valence-corrected chi connectivity index (χ3v) is 2.27. The highest BCUT2D eigenvalue weighted by molar-refractivity contribution is 5.85. The Morgan fingerprint density at radius 1 is 1.44 bits per heavy atom. The molecule has 0 aliphatic heterocycles. The van der Waals surface area contributed by atoms with E-state index < -0.39 is 6.04 Å². The quantitative estimate of drug-likeness (QED) is 0.718. The van der Waals surface area contributed by atoms with Gasteiger partial charge in [-0.1, -0.05) is 20.8 Å². The number of carbonyl (C=O) groups is 1. The number of ether oxygens (including phenoxy) is 1. The second kappa shape index (κ2) is 9.87. The number of hydrogen-bond acceptors (Lipinski definition) is 3. The summed E-state index contributed by atoms with van der Waals surface area (Å²) in [6.07, 6.45) is 1.57. The fourth-order valence-corrected chi connectivity index (χ4v) is 1.39. The van der Waals surface area contributed by atoms with Crippen molar-refractivity contribution in [3.05, 3.63) is 0 Å². The maximum atomic E-state index is 11.6. The van der Waals surface area contributed by atoms with Crippen LogP contribution in [0.3, 0.4) is 0 Å². The highest BCUT2D eigenvalue weighted by atomic mass is 35.5. The number of methoxy groups -OCH3 is 1. The van der Waals surface area contributed by atoms with Crippen LogP contribution in [0.2, 0.25) is 0 Å². The van der Waals surface area contributed by atoms with Gasteiger partial charge in [0.1, 0.15) is 0 Å². The SMILES string of the molecule is CCC(COC)NC(=O)[C@@H](N)CC(C)C.Cl. The van der Waals surface area contributed by atoms with Crippen LogP contribution in [-0.2, 0) is 9.53 Å². The molecule has 5 heteroatoms. The monoisotopic (exact) mass is 252 g/mol. The highest BCUT2D eigenvalue weighted by Gasteiger charge is 2.17. The molecule has 0 aliphatic carbocycles. The van der Waals surface area contributed by atoms with Gasteiger partial charge in [-0.2, -0.15) is 0 Å². The van der Waals surface area contributed by atoms with Crippen molar-refractivity contribution in [1.82, 2.24) is 5.32 Å². The molecule has 0 fully saturated rings. The summed E-state index contributed by atoms with van der Waals surface area (Å²) in [7, 11) is 1.63. The Labute approximate surface area is 105 Å². The van der Waals surface area contributed by atoms with E-state index in [0.717, 1.165) is 12.8 Å². The van der Waals surface area contributed by atoms with E-state index in [1.807, 2.05) is 6.92 Å². The molecule has 0 aromatic heterocycles. The Bertz CT molecular complexity index is 189. The summed E-state index contributed by atoms with van der Waals surface area (Å²) in [4.78, 5) is 11.6. The molecule has 16 heavy (non-hydrogen) atoms. The smallest absolute Gasteiger partial charge is 0.237 e. The second-order valence-electron chi connectivity index (χ2n) is 4.31. The molecule has 0 aromatic rings. The summed E-state index contributed by atoms with van der Waals surface area (Å²) in [5.74, 6) is 0.362.